The fourth-order valence-corrected chi connectivity index (χ4v) is 3.37. The average molecular weight is 450 g/mol. The third kappa shape index (κ3) is 5.32. The Morgan fingerprint density at radius 2 is 1.61 bits per heavy atom. The summed E-state index contributed by atoms with van der Waals surface area (Å²) in [6.07, 6.45) is -3.54. The van der Waals surface area contributed by atoms with E-state index >= 15 is 0 Å². The number of anilines is 3. The van der Waals surface area contributed by atoms with Gasteiger partial charge in [0.1, 0.15) is 5.82 Å². The number of hydrogen-bond donors (Lipinski definition) is 1. The number of aromatic nitrogens is 4. The third-order valence-electron chi connectivity index (χ3n) is 4.85. The molecule has 0 amide bonds. The van der Waals surface area contributed by atoms with E-state index in [1.54, 1.807) is 0 Å². The maximum atomic E-state index is 12.7. The van der Waals surface area contributed by atoms with E-state index in [1.807, 2.05) is 40.1 Å². The summed E-state index contributed by atoms with van der Waals surface area (Å²) in [6.45, 7) is 2.82. The van der Waals surface area contributed by atoms with E-state index in [2.05, 4.69) is 25.3 Å². The predicted molar refractivity (Wildman–Crippen MR) is 112 cm³/mol. The van der Waals surface area contributed by atoms with Crippen molar-refractivity contribution in [2.75, 3.05) is 41.3 Å². The van der Waals surface area contributed by atoms with Crippen molar-refractivity contribution in [1.29, 1.82) is 0 Å². The molecule has 1 saturated heterocycles. The lowest BCUT2D eigenvalue weighted by Crippen LogP contribution is -2.47. The van der Waals surface area contributed by atoms with Crippen molar-refractivity contribution in [3.8, 4) is 0 Å². The molecule has 1 aliphatic rings. The first-order valence-electron chi connectivity index (χ1n) is 9.61. The van der Waals surface area contributed by atoms with Gasteiger partial charge in [0.2, 0.25) is 17.2 Å². The van der Waals surface area contributed by atoms with Gasteiger partial charge >= 0.3 is 6.18 Å². The number of rotatable bonds is 5. The molecule has 162 valence electrons. The van der Waals surface area contributed by atoms with Crippen molar-refractivity contribution in [1.82, 2.24) is 19.9 Å². The van der Waals surface area contributed by atoms with Gasteiger partial charge in [-0.3, -0.25) is 0 Å². The number of hydrogen-bond acceptors (Lipinski definition) is 7. The Kier molecular flexibility index (Phi) is 6.08. The minimum atomic E-state index is -4.39. The molecule has 1 aliphatic heterocycles. The van der Waals surface area contributed by atoms with Crippen LogP contribution in [0.1, 0.15) is 11.1 Å². The van der Waals surface area contributed by atoms with Crippen molar-refractivity contribution in [3.05, 3.63) is 65.1 Å². The molecule has 0 aliphatic carbocycles. The largest absolute Gasteiger partial charge is 0.417 e. The first-order valence-corrected chi connectivity index (χ1v) is 9.99. The summed E-state index contributed by atoms with van der Waals surface area (Å²) in [6, 6.07) is 12.3. The number of alkyl halides is 3. The Hall–Kier alpha value is -3.14. The number of halogens is 4. The molecule has 31 heavy (non-hydrogen) atoms. The maximum Gasteiger partial charge on any atom is 0.417 e. The van der Waals surface area contributed by atoms with E-state index in [9.17, 15) is 13.2 Å². The molecule has 0 atom stereocenters. The summed E-state index contributed by atoms with van der Waals surface area (Å²) in [7, 11) is 0. The van der Waals surface area contributed by atoms with Crippen LogP contribution in [-0.4, -0.2) is 46.1 Å². The second-order valence-corrected chi connectivity index (χ2v) is 7.28. The van der Waals surface area contributed by atoms with Crippen LogP contribution in [0.2, 0.25) is 5.28 Å². The lowest BCUT2D eigenvalue weighted by molar-refractivity contribution is -0.137. The van der Waals surface area contributed by atoms with Gasteiger partial charge in [0.05, 0.1) is 5.56 Å². The molecule has 2 aromatic heterocycles. The zero-order valence-corrected chi connectivity index (χ0v) is 17.1. The van der Waals surface area contributed by atoms with Gasteiger partial charge in [0.25, 0.3) is 0 Å². The van der Waals surface area contributed by atoms with E-state index in [-0.39, 0.29) is 5.28 Å². The highest BCUT2D eigenvalue weighted by Crippen LogP contribution is 2.29. The van der Waals surface area contributed by atoms with Crippen LogP contribution in [0.3, 0.4) is 0 Å². The quantitative estimate of drug-likeness (QED) is 0.634. The van der Waals surface area contributed by atoms with Gasteiger partial charge in [-0.1, -0.05) is 30.3 Å². The van der Waals surface area contributed by atoms with E-state index in [0.29, 0.717) is 50.4 Å². The number of pyridine rings is 1. The van der Waals surface area contributed by atoms with E-state index in [4.69, 9.17) is 11.6 Å². The molecule has 3 heterocycles. The third-order valence-corrected chi connectivity index (χ3v) is 5.02. The molecule has 1 N–H and O–H groups in total. The first kappa shape index (κ1) is 21.1. The zero-order chi connectivity index (χ0) is 21.8. The van der Waals surface area contributed by atoms with Gasteiger partial charge in [-0.25, -0.2) is 4.98 Å². The summed E-state index contributed by atoms with van der Waals surface area (Å²) in [5.41, 5.74) is 0.323. The molecule has 0 spiro atoms. The Labute approximate surface area is 181 Å². The molecule has 7 nitrogen and oxygen atoms in total. The summed E-state index contributed by atoms with van der Waals surface area (Å²) < 4.78 is 38.2. The molecule has 4 rings (SSSR count). The Balaban J connectivity index is 1.38. The lowest BCUT2D eigenvalue weighted by Gasteiger charge is -2.35. The van der Waals surface area contributed by atoms with E-state index in [1.165, 1.54) is 6.07 Å². The molecule has 1 aromatic carbocycles. The van der Waals surface area contributed by atoms with Crippen LogP contribution in [-0.2, 0) is 12.7 Å². The summed E-state index contributed by atoms with van der Waals surface area (Å²) in [5, 5.41) is 3.24. The van der Waals surface area contributed by atoms with Gasteiger partial charge in [-0.05, 0) is 29.3 Å². The van der Waals surface area contributed by atoms with Crippen LogP contribution in [0.15, 0.2) is 48.7 Å². The molecule has 1 fully saturated rings. The van der Waals surface area contributed by atoms with Crippen molar-refractivity contribution in [3.63, 3.8) is 0 Å². The summed E-state index contributed by atoms with van der Waals surface area (Å²) >= 11 is 6.09. The molecule has 0 bridgehead atoms. The minimum Gasteiger partial charge on any atom is -0.353 e. The highest BCUT2D eigenvalue weighted by molar-refractivity contribution is 6.28. The Bertz CT molecular complexity index is 1010. The van der Waals surface area contributed by atoms with Gasteiger partial charge in [0.15, 0.2) is 0 Å². The lowest BCUT2D eigenvalue weighted by atomic mass is 10.2. The molecular weight excluding hydrogens is 431 g/mol. The van der Waals surface area contributed by atoms with Crippen LogP contribution < -0.4 is 15.1 Å². The Morgan fingerprint density at radius 1 is 0.903 bits per heavy atom. The van der Waals surface area contributed by atoms with Crippen molar-refractivity contribution in [2.45, 2.75) is 12.7 Å². The maximum absolute atomic E-state index is 12.7. The highest BCUT2D eigenvalue weighted by Gasteiger charge is 2.31. The summed E-state index contributed by atoms with van der Waals surface area (Å²) in [5.74, 6) is 1.34. The predicted octanol–water partition coefficient (Wildman–Crippen LogP) is 3.88. The van der Waals surface area contributed by atoms with E-state index < -0.39 is 11.7 Å². The highest BCUT2D eigenvalue weighted by atomic mass is 35.5. The van der Waals surface area contributed by atoms with Gasteiger partial charge < -0.3 is 15.1 Å². The van der Waals surface area contributed by atoms with Gasteiger partial charge in [-0.2, -0.15) is 28.1 Å². The molecule has 0 saturated carbocycles. The normalized spacial score (nSPS) is 14.6. The van der Waals surface area contributed by atoms with Crippen molar-refractivity contribution >= 4 is 29.3 Å². The average Bonchev–Trinajstić information content (AvgIpc) is 2.78. The van der Waals surface area contributed by atoms with Crippen LogP contribution in [0, 0.1) is 0 Å². The van der Waals surface area contributed by atoms with Crippen LogP contribution in [0.25, 0.3) is 0 Å². The number of nitrogens with zero attached hydrogens (tertiary/aromatic N) is 6. The van der Waals surface area contributed by atoms with Crippen molar-refractivity contribution < 1.29 is 13.2 Å². The van der Waals surface area contributed by atoms with Crippen LogP contribution >= 0.6 is 11.6 Å². The minimum absolute atomic E-state index is 0.0902. The second kappa shape index (κ2) is 8.93. The summed E-state index contributed by atoms with van der Waals surface area (Å²) in [4.78, 5) is 20.7. The second-order valence-electron chi connectivity index (χ2n) is 6.94. The smallest absolute Gasteiger partial charge is 0.353 e. The molecule has 0 radical (unpaired) electrons. The molecule has 3 aromatic rings. The van der Waals surface area contributed by atoms with Crippen molar-refractivity contribution in [2.24, 2.45) is 0 Å². The monoisotopic (exact) mass is 449 g/mol. The van der Waals surface area contributed by atoms with Crippen LogP contribution in [0.5, 0.6) is 0 Å². The van der Waals surface area contributed by atoms with Gasteiger partial charge in [0, 0.05) is 38.9 Å². The van der Waals surface area contributed by atoms with Crippen LogP contribution in [0.4, 0.5) is 30.9 Å². The zero-order valence-electron chi connectivity index (χ0n) is 16.3. The number of piperazine rings is 1. The number of benzene rings is 1. The van der Waals surface area contributed by atoms with E-state index in [0.717, 1.165) is 17.8 Å². The molecule has 0 unspecified atom stereocenters. The SMILES string of the molecule is FC(F)(F)c1ccc(N2CCN(c3nc(Cl)nc(NCc4ccccc4)n3)CC2)nc1. The standard InChI is InChI=1S/C20H19ClF3N7/c21-17-27-18(26-12-14-4-2-1-3-5-14)29-19(28-17)31-10-8-30(9-11-31)16-7-6-15(13-25-16)20(22,23)24/h1-7,13H,8-12H2,(H,26,27,28,29). The number of nitrogens with one attached hydrogen (secondary N) is 1. The first-order chi connectivity index (χ1) is 14.9. The molecular formula is C20H19ClF3N7. The topological polar surface area (TPSA) is 70.1 Å². The fourth-order valence-electron chi connectivity index (χ4n) is 3.21. The fraction of sp³-hybridized carbons (Fsp3) is 0.300. The Morgan fingerprint density at radius 3 is 2.26 bits per heavy atom. The van der Waals surface area contributed by atoms with Gasteiger partial charge in [-0.15, -0.1) is 0 Å². The molecule has 11 heteroatoms.